The molecule has 0 radical (unpaired) electrons. The Bertz CT molecular complexity index is 579. The number of carbonyl (C=O) groups excluding carboxylic acids is 3. The minimum atomic E-state index is -1.42. The monoisotopic (exact) mass is 417 g/mol. The van der Waals surface area contributed by atoms with E-state index in [-0.39, 0.29) is 0 Å². The van der Waals surface area contributed by atoms with Gasteiger partial charge in [-0.1, -0.05) is 0 Å². The third kappa shape index (κ3) is 14.3. The van der Waals surface area contributed by atoms with Crippen LogP contribution in [0.4, 0.5) is 4.79 Å². The first-order valence-corrected chi connectivity index (χ1v) is 9.58. The SMILES string of the molecule is CC(C)(C)OC(=O)CC(NC(=O)C(N)CCCCNC(=O)OC(C)(C)C)C(=O)O. The summed E-state index contributed by atoms with van der Waals surface area (Å²) in [4.78, 5) is 46.7. The maximum absolute atomic E-state index is 12.1. The molecule has 0 spiro atoms. The maximum Gasteiger partial charge on any atom is 0.407 e. The second kappa shape index (κ2) is 11.6. The number of nitrogens with one attached hydrogen (secondary N) is 2. The van der Waals surface area contributed by atoms with E-state index < -0.39 is 53.6 Å². The van der Waals surface area contributed by atoms with Crippen LogP contribution >= 0.6 is 0 Å². The Labute approximate surface area is 171 Å². The van der Waals surface area contributed by atoms with Gasteiger partial charge in [-0.3, -0.25) is 9.59 Å². The van der Waals surface area contributed by atoms with Crippen molar-refractivity contribution in [2.24, 2.45) is 5.73 Å². The number of carboxylic acids is 1. The van der Waals surface area contributed by atoms with Crippen LogP contribution in [0.1, 0.15) is 67.2 Å². The normalized spacial score (nSPS) is 13.8. The van der Waals surface area contributed by atoms with Crippen molar-refractivity contribution in [3.05, 3.63) is 0 Å². The van der Waals surface area contributed by atoms with E-state index in [1.165, 1.54) is 0 Å². The highest BCUT2D eigenvalue weighted by Gasteiger charge is 2.28. The van der Waals surface area contributed by atoms with Gasteiger partial charge in [0.05, 0.1) is 12.5 Å². The predicted octanol–water partition coefficient (Wildman–Crippen LogP) is 1.31. The van der Waals surface area contributed by atoms with Crippen molar-refractivity contribution < 1.29 is 33.8 Å². The molecule has 0 aromatic rings. The molecule has 0 saturated carbocycles. The molecule has 168 valence electrons. The lowest BCUT2D eigenvalue weighted by molar-refractivity contribution is -0.158. The predicted molar refractivity (Wildman–Crippen MR) is 106 cm³/mol. The molecule has 0 aliphatic carbocycles. The van der Waals surface area contributed by atoms with Crippen LogP contribution < -0.4 is 16.4 Å². The van der Waals surface area contributed by atoms with E-state index in [1.54, 1.807) is 41.5 Å². The highest BCUT2D eigenvalue weighted by molar-refractivity contribution is 5.89. The van der Waals surface area contributed by atoms with Crippen molar-refractivity contribution in [1.29, 1.82) is 0 Å². The van der Waals surface area contributed by atoms with Gasteiger partial charge >= 0.3 is 18.0 Å². The summed E-state index contributed by atoms with van der Waals surface area (Å²) in [5.74, 6) is -2.74. The second-order valence-electron chi connectivity index (χ2n) is 8.72. The summed E-state index contributed by atoms with van der Waals surface area (Å²) in [5, 5.41) is 14.1. The molecular formula is C19H35N3O7. The molecule has 0 fully saturated rings. The molecule has 0 aromatic carbocycles. The van der Waals surface area contributed by atoms with Crippen LogP contribution in [0.5, 0.6) is 0 Å². The Hall–Kier alpha value is -2.36. The number of alkyl carbamates (subject to hydrolysis) is 1. The zero-order valence-corrected chi connectivity index (χ0v) is 18.2. The number of esters is 1. The van der Waals surface area contributed by atoms with Gasteiger partial charge in [-0.15, -0.1) is 0 Å². The lowest BCUT2D eigenvalue weighted by Gasteiger charge is -2.22. The van der Waals surface area contributed by atoms with Gasteiger partial charge in [-0.05, 0) is 60.8 Å². The molecule has 2 unspecified atom stereocenters. The fraction of sp³-hybridized carbons (Fsp3) is 0.789. The molecule has 0 saturated heterocycles. The molecule has 0 aliphatic heterocycles. The third-order valence-corrected chi connectivity index (χ3v) is 3.35. The first kappa shape index (κ1) is 26.6. The Morgan fingerprint density at radius 1 is 0.966 bits per heavy atom. The Kier molecular flexibility index (Phi) is 10.7. The van der Waals surface area contributed by atoms with Gasteiger partial charge in [0.2, 0.25) is 5.91 Å². The summed E-state index contributed by atoms with van der Waals surface area (Å²) < 4.78 is 10.2. The van der Waals surface area contributed by atoms with Gasteiger partial charge < -0.3 is 30.9 Å². The highest BCUT2D eigenvalue weighted by Crippen LogP contribution is 2.10. The van der Waals surface area contributed by atoms with Crippen LogP contribution in [0.2, 0.25) is 0 Å². The van der Waals surface area contributed by atoms with Crippen molar-refractivity contribution >= 4 is 23.9 Å². The van der Waals surface area contributed by atoms with E-state index in [9.17, 15) is 24.3 Å². The molecule has 2 atom stereocenters. The molecule has 0 heterocycles. The summed E-state index contributed by atoms with van der Waals surface area (Å²) >= 11 is 0. The zero-order chi connectivity index (χ0) is 22.8. The van der Waals surface area contributed by atoms with E-state index in [2.05, 4.69) is 10.6 Å². The number of aliphatic carboxylic acids is 1. The molecule has 10 heteroatoms. The fourth-order valence-electron chi connectivity index (χ4n) is 2.15. The van der Waals surface area contributed by atoms with Crippen molar-refractivity contribution in [3.8, 4) is 0 Å². The lowest BCUT2D eigenvalue weighted by Crippen LogP contribution is -2.49. The van der Waals surface area contributed by atoms with E-state index >= 15 is 0 Å². The third-order valence-electron chi connectivity index (χ3n) is 3.35. The molecule has 0 aliphatic rings. The van der Waals surface area contributed by atoms with Crippen LogP contribution in [0.15, 0.2) is 0 Å². The molecular weight excluding hydrogens is 382 g/mol. The van der Waals surface area contributed by atoms with Crippen LogP contribution in [-0.2, 0) is 23.9 Å². The van der Waals surface area contributed by atoms with Crippen LogP contribution in [0.3, 0.4) is 0 Å². The summed E-state index contributed by atoms with van der Waals surface area (Å²) in [6, 6.07) is -2.35. The van der Waals surface area contributed by atoms with Gasteiger partial charge in [-0.25, -0.2) is 9.59 Å². The zero-order valence-electron chi connectivity index (χ0n) is 18.2. The van der Waals surface area contributed by atoms with Gasteiger partial charge in [0.15, 0.2) is 0 Å². The van der Waals surface area contributed by atoms with E-state index in [4.69, 9.17) is 15.2 Å². The first-order chi connectivity index (χ1) is 13.1. The standard InChI is InChI=1S/C19H35N3O7/c1-18(2,3)28-14(23)11-13(16(25)26)22-15(24)12(20)9-7-8-10-21-17(27)29-19(4,5)6/h12-13H,7-11,20H2,1-6H3,(H,21,27)(H,22,24)(H,25,26). The number of nitrogens with two attached hydrogens (primary N) is 1. The smallest absolute Gasteiger partial charge is 0.407 e. The van der Waals surface area contributed by atoms with Crippen LogP contribution in [0.25, 0.3) is 0 Å². The molecule has 10 nitrogen and oxygen atoms in total. The average molecular weight is 418 g/mol. The molecule has 2 amide bonds. The number of unbranched alkanes of at least 4 members (excludes halogenated alkanes) is 1. The number of hydrogen-bond acceptors (Lipinski definition) is 7. The van der Waals surface area contributed by atoms with Crippen molar-refractivity contribution in [1.82, 2.24) is 10.6 Å². The van der Waals surface area contributed by atoms with Gasteiger partial charge in [0.1, 0.15) is 17.2 Å². The highest BCUT2D eigenvalue weighted by atomic mass is 16.6. The second-order valence-corrected chi connectivity index (χ2v) is 8.72. The average Bonchev–Trinajstić information content (AvgIpc) is 2.49. The Balaban J connectivity index is 4.30. The number of hydrogen-bond donors (Lipinski definition) is 4. The minimum absolute atomic E-state index is 0.292. The largest absolute Gasteiger partial charge is 0.480 e. The number of carboxylic acid groups (broad SMARTS) is 1. The summed E-state index contributed by atoms with van der Waals surface area (Å²) in [5.41, 5.74) is 4.46. The van der Waals surface area contributed by atoms with E-state index in [1.807, 2.05) is 0 Å². The molecule has 0 rings (SSSR count). The van der Waals surface area contributed by atoms with Crippen molar-refractivity contribution in [2.75, 3.05) is 6.54 Å². The van der Waals surface area contributed by atoms with Crippen LogP contribution in [-0.4, -0.2) is 58.9 Å². The summed E-state index contributed by atoms with van der Waals surface area (Å²) in [6.45, 7) is 10.6. The Morgan fingerprint density at radius 3 is 2.00 bits per heavy atom. The number of amides is 2. The lowest BCUT2D eigenvalue weighted by atomic mass is 10.1. The fourth-order valence-corrected chi connectivity index (χ4v) is 2.15. The van der Waals surface area contributed by atoms with Crippen molar-refractivity contribution in [3.63, 3.8) is 0 Å². The topological polar surface area (TPSA) is 157 Å². The molecule has 0 bridgehead atoms. The van der Waals surface area contributed by atoms with Gasteiger partial charge in [-0.2, -0.15) is 0 Å². The van der Waals surface area contributed by atoms with Gasteiger partial charge in [0.25, 0.3) is 0 Å². The number of ether oxygens (including phenoxy) is 2. The summed E-state index contributed by atoms with van der Waals surface area (Å²) in [7, 11) is 0. The number of carbonyl (C=O) groups is 4. The maximum atomic E-state index is 12.1. The Morgan fingerprint density at radius 2 is 1.52 bits per heavy atom. The molecule has 5 N–H and O–H groups in total. The first-order valence-electron chi connectivity index (χ1n) is 9.58. The van der Waals surface area contributed by atoms with Gasteiger partial charge in [0, 0.05) is 6.54 Å². The van der Waals surface area contributed by atoms with E-state index in [0.717, 1.165) is 0 Å². The summed E-state index contributed by atoms with van der Waals surface area (Å²) in [6.07, 6.45) is 0.381. The van der Waals surface area contributed by atoms with Crippen LogP contribution in [0, 0.1) is 0 Å². The molecule has 0 aromatic heterocycles. The van der Waals surface area contributed by atoms with Crippen molar-refractivity contribution in [2.45, 2.75) is 90.5 Å². The number of rotatable bonds is 10. The molecule has 29 heavy (non-hydrogen) atoms. The minimum Gasteiger partial charge on any atom is -0.480 e. The van der Waals surface area contributed by atoms with E-state index in [0.29, 0.717) is 25.8 Å². The quantitative estimate of drug-likeness (QED) is 0.306.